The van der Waals surface area contributed by atoms with Crippen molar-refractivity contribution in [2.24, 2.45) is 0 Å². The van der Waals surface area contributed by atoms with E-state index in [9.17, 15) is 18.8 Å². The van der Waals surface area contributed by atoms with Crippen LogP contribution in [0.1, 0.15) is 35.2 Å². The van der Waals surface area contributed by atoms with Crippen LogP contribution in [-0.4, -0.2) is 17.6 Å². The van der Waals surface area contributed by atoms with E-state index in [4.69, 9.17) is 0 Å². The fourth-order valence-corrected chi connectivity index (χ4v) is 2.69. The third-order valence-electron chi connectivity index (χ3n) is 3.93. The van der Waals surface area contributed by atoms with Crippen LogP contribution in [0.2, 0.25) is 0 Å². The molecule has 0 saturated carbocycles. The summed E-state index contributed by atoms with van der Waals surface area (Å²) in [5.41, 5.74) is 1.97. The smallest absolute Gasteiger partial charge is 0.232 e. The van der Waals surface area contributed by atoms with Crippen molar-refractivity contribution in [1.82, 2.24) is 0 Å². The molecule has 0 spiro atoms. The Balaban J connectivity index is 1.82. The van der Waals surface area contributed by atoms with Crippen molar-refractivity contribution < 1.29 is 18.8 Å². The third kappa shape index (κ3) is 3.17. The van der Waals surface area contributed by atoms with Gasteiger partial charge in [-0.1, -0.05) is 6.07 Å². The van der Waals surface area contributed by atoms with Crippen LogP contribution in [0, 0.1) is 5.82 Å². The molecule has 3 rings (SSSR count). The quantitative estimate of drug-likeness (QED) is 0.851. The van der Waals surface area contributed by atoms with E-state index in [2.05, 4.69) is 10.6 Å². The van der Waals surface area contributed by atoms with Crippen molar-refractivity contribution in [2.45, 2.75) is 19.3 Å². The number of halogens is 1. The van der Waals surface area contributed by atoms with Gasteiger partial charge in [0.2, 0.25) is 11.8 Å². The molecule has 1 heterocycles. The molecule has 0 aromatic heterocycles. The van der Waals surface area contributed by atoms with Crippen molar-refractivity contribution >= 4 is 29.0 Å². The molecule has 0 bridgehead atoms. The Morgan fingerprint density at radius 3 is 2.54 bits per heavy atom. The van der Waals surface area contributed by atoms with Crippen LogP contribution in [0.4, 0.5) is 15.8 Å². The number of Topliss-reactive ketones (excluding diaryl/α,β-unsaturated/α-hetero) is 1. The lowest BCUT2D eigenvalue weighted by Crippen LogP contribution is -2.30. The maximum Gasteiger partial charge on any atom is 0.232 e. The third-order valence-corrected chi connectivity index (χ3v) is 3.93. The van der Waals surface area contributed by atoms with Gasteiger partial charge in [0.15, 0.2) is 5.78 Å². The highest BCUT2D eigenvalue weighted by Crippen LogP contribution is 2.33. The van der Waals surface area contributed by atoms with Gasteiger partial charge in [-0.25, -0.2) is 4.39 Å². The van der Waals surface area contributed by atoms with Gasteiger partial charge in [0.05, 0.1) is 5.92 Å². The largest absolute Gasteiger partial charge is 0.326 e. The van der Waals surface area contributed by atoms with Crippen molar-refractivity contribution in [3.8, 4) is 0 Å². The second kappa shape index (κ2) is 6.23. The molecule has 24 heavy (non-hydrogen) atoms. The van der Waals surface area contributed by atoms with Crippen LogP contribution >= 0.6 is 0 Å². The van der Waals surface area contributed by atoms with Crippen molar-refractivity contribution in [3.63, 3.8) is 0 Å². The summed E-state index contributed by atoms with van der Waals surface area (Å²) in [6.45, 7) is 1.46. The predicted molar refractivity (Wildman–Crippen MR) is 87.5 cm³/mol. The SMILES string of the molecule is CC(=O)c1ccc(NC(=O)[C@H]2CC(=O)Nc3cc(F)ccc32)cc1. The lowest BCUT2D eigenvalue weighted by Gasteiger charge is -2.24. The minimum Gasteiger partial charge on any atom is -0.326 e. The number of benzene rings is 2. The lowest BCUT2D eigenvalue weighted by atomic mass is 9.89. The maximum atomic E-state index is 13.3. The summed E-state index contributed by atoms with van der Waals surface area (Å²) in [6, 6.07) is 10.5. The van der Waals surface area contributed by atoms with Gasteiger partial charge < -0.3 is 10.6 Å². The first-order valence-corrected chi connectivity index (χ1v) is 7.45. The summed E-state index contributed by atoms with van der Waals surface area (Å²) < 4.78 is 13.3. The zero-order valence-corrected chi connectivity index (χ0v) is 12.9. The van der Waals surface area contributed by atoms with E-state index in [0.717, 1.165) is 0 Å². The van der Waals surface area contributed by atoms with Gasteiger partial charge in [-0.15, -0.1) is 0 Å². The molecule has 2 aromatic carbocycles. The molecular formula is C18H15FN2O3. The fourth-order valence-electron chi connectivity index (χ4n) is 2.69. The second-order valence-corrected chi connectivity index (χ2v) is 5.66. The Bertz CT molecular complexity index is 831. The number of anilines is 2. The predicted octanol–water partition coefficient (Wildman–Crippen LogP) is 3.09. The molecule has 6 heteroatoms. The van der Waals surface area contributed by atoms with Gasteiger partial charge in [0, 0.05) is 23.4 Å². The maximum absolute atomic E-state index is 13.3. The normalized spacial score (nSPS) is 16.1. The van der Waals surface area contributed by atoms with E-state index in [1.807, 2.05) is 0 Å². The molecule has 0 unspecified atom stereocenters. The average Bonchev–Trinajstić information content (AvgIpc) is 2.54. The number of fused-ring (bicyclic) bond motifs is 1. The molecule has 122 valence electrons. The Kier molecular flexibility index (Phi) is 4.12. The molecule has 0 radical (unpaired) electrons. The Labute approximate surface area is 137 Å². The minimum atomic E-state index is -0.693. The zero-order chi connectivity index (χ0) is 17.3. The van der Waals surface area contributed by atoms with Crippen LogP contribution < -0.4 is 10.6 Å². The van der Waals surface area contributed by atoms with E-state index in [0.29, 0.717) is 22.5 Å². The number of rotatable bonds is 3. The van der Waals surface area contributed by atoms with Crippen LogP contribution in [0.3, 0.4) is 0 Å². The first-order chi connectivity index (χ1) is 11.4. The Morgan fingerprint density at radius 1 is 1.17 bits per heavy atom. The summed E-state index contributed by atoms with van der Waals surface area (Å²) in [7, 11) is 0. The highest BCUT2D eigenvalue weighted by Gasteiger charge is 2.31. The monoisotopic (exact) mass is 326 g/mol. The number of hydrogen-bond acceptors (Lipinski definition) is 3. The van der Waals surface area contributed by atoms with E-state index in [1.54, 1.807) is 24.3 Å². The van der Waals surface area contributed by atoms with Gasteiger partial charge in [-0.2, -0.15) is 0 Å². The lowest BCUT2D eigenvalue weighted by molar-refractivity contribution is -0.123. The number of nitrogens with one attached hydrogen (secondary N) is 2. The number of carbonyl (C=O) groups excluding carboxylic acids is 3. The fraction of sp³-hybridized carbons (Fsp3) is 0.167. The summed E-state index contributed by atoms with van der Waals surface area (Å²) >= 11 is 0. The summed E-state index contributed by atoms with van der Waals surface area (Å²) in [5.74, 6) is -1.92. The average molecular weight is 326 g/mol. The number of amides is 2. The highest BCUT2D eigenvalue weighted by molar-refractivity contribution is 6.05. The zero-order valence-electron chi connectivity index (χ0n) is 12.9. The van der Waals surface area contributed by atoms with Crippen molar-refractivity contribution in [2.75, 3.05) is 10.6 Å². The van der Waals surface area contributed by atoms with Gasteiger partial charge in [-0.05, 0) is 48.9 Å². The molecule has 1 aliphatic heterocycles. The molecule has 5 nitrogen and oxygen atoms in total. The van der Waals surface area contributed by atoms with Crippen LogP contribution in [0.15, 0.2) is 42.5 Å². The van der Waals surface area contributed by atoms with Crippen LogP contribution in [0.5, 0.6) is 0 Å². The Hall–Kier alpha value is -3.02. The van der Waals surface area contributed by atoms with Crippen molar-refractivity contribution in [1.29, 1.82) is 0 Å². The van der Waals surface area contributed by atoms with E-state index in [1.165, 1.54) is 25.1 Å². The first kappa shape index (κ1) is 15.9. The van der Waals surface area contributed by atoms with Crippen LogP contribution in [-0.2, 0) is 9.59 Å². The van der Waals surface area contributed by atoms with Gasteiger partial charge in [0.25, 0.3) is 0 Å². The van der Waals surface area contributed by atoms with Gasteiger partial charge in [0.1, 0.15) is 5.82 Å². The molecular weight excluding hydrogens is 311 g/mol. The first-order valence-electron chi connectivity index (χ1n) is 7.45. The number of ketones is 1. The van der Waals surface area contributed by atoms with Gasteiger partial charge in [-0.3, -0.25) is 14.4 Å². The molecule has 0 fully saturated rings. The van der Waals surface area contributed by atoms with Crippen molar-refractivity contribution in [3.05, 3.63) is 59.4 Å². The molecule has 0 saturated heterocycles. The van der Waals surface area contributed by atoms with E-state index >= 15 is 0 Å². The minimum absolute atomic E-state index is 0.00397. The van der Waals surface area contributed by atoms with E-state index < -0.39 is 11.7 Å². The molecule has 1 atom stereocenters. The second-order valence-electron chi connectivity index (χ2n) is 5.66. The number of hydrogen-bond donors (Lipinski definition) is 2. The Morgan fingerprint density at radius 2 is 1.88 bits per heavy atom. The summed E-state index contributed by atoms with van der Waals surface area (Å²) in [6.07, 6.45) is -0.00397. The molecule has 2 N–H and O–H groups in total. The molecule has 0 aliphatic carbocycles. The summed E-state index contributed by atoms with van der Waals surface area (Å²) in [4.78, 5) is 35.6. The number of carbonyl (C=O) groups is 3. The summed E-state index contributed by atoms with van der Waals surface area (Å²) in [5, 5.41) is 5.30. The molecule has 2 aromatic rings. The standard InChI is InChI=1S/C18H15FN2O3/c1-10(22)11-2-5-13(6-3-11)20-18(24)15-9-17(23)21-16-8-12(19)4-7-14(15)16/h2-8,15H,9H2,1H3,(H,20,24)(H,21,23)/t15-/m0/s1. The topological polar surface area (TPSA) is 75.3 Å². The van der Waals surface area contributed by atoms with E-state index in [-0.39, 0.29) is 24.0 Å². The molecule has 1 aliphatic rings. The van der Waals surface area contributed by atoms with Crippen LogP contribution in [0.25, 0.3) is 0 Å². The van der Waals surface area contributed by atoms with Gasteiger partial charge >= 0.3 is 0 Å². The highest BCUT2D eigenvalue weighted by atomic mass is 19.1. The molecule has 2 amide bonds.